The number of anilines is 1. The number of hydrogen-bond donors (Lipinski definition) is 1. The lowest BCUT2D eigenvalue weighted by molar-refractivity contribution is 0.322. The van der Waals surface area contributed by atoms with E-state index in [9.17, 15) is 4.39 Å². The highest BCUT2D eigenvalue weighted by Gasteiger charge is 2.26. The molecule has 0 bridgehead atoms. The lowest BCUT2D eigenvalue weighted by Crippen LogP contribution is -2.39. The molecule has 3 atom stereocenters. The molecule has 1 aliphatic heterocycles. The molecule has 0 saturated carbocycles. The fourth-order valence-electron chi connectivity index (χ4n) is 2.97. The van der Waals surface area contributed by atoms with Crippen molar-refractivity contribution in [2.24, 2.45) is 17.6 Å². The first-order valence-corrected chi connectivity index (χ1v) is 7.80. The summed E-state index contributed by atoms with van der Waals surface area (Å²) < 4.78 is 14.3. The smallest absolute Gasteiger partial charge is 0.146 e. The van der Waals surface area contributed by atoms with Gasteiger partial charge in [-0.15, -0.1) is 0 Å². The van der Waals surface area contributed by atoms with E-state index >= 15 is 0 Å². The predicted octanol–water partition coefficient (Wildman–Crippen LogP) is 3.59. The highest BCUT2D eigenvalue weighted by Crippen LogP contribution is 2.32. The van der Waals surface area contributed by atoms with E-state index in [1.165, 1.54) is 0 Å². The molecule has 0 radical (unpaired) electrons. The first kappa shape index (κ1) is 15.3. The second kappa shape index (κ2) is 6.57. The van der Waals surface area contributed by atoms with E-state index in [1.54, 1.807) is 12.1 Å². The Morgan fingerprint density at radius 3 is 2.75 bits per heavy atom. The number of rotatable bonds is 4. The van der Waals surface area contributed by atoms with Crippen LogP contribution in [0, 0.1) is 17.7 Å². The monoisotopic (exact) mass is 278 g/mol. The van der Waals surface area contributed by atoms with Crippen LogP contribution in [0.15, 0.2) is 18.2 Å². The van der Waals surface area contributed by atoms with Gasteiger partial charge in [0.25, 0.3) is 0 Å². The van der Waals surface area contributed by atoms with Gasteiger partial charge >= 0.3 is 0 Å². The zero-order chi connectivity index (χ0) is 14.7. The molecule has 1 saturated heterocycles. The summed E-state index contributed by atoms with van der Waals surface area (Å²) in [5.74, 6) is 1.22. The van der Waals surface area contributed by atoms with Crippen molar-refractivity contribution in [3.8, 4) is 0 Å². The van der Waals surface area contributed by atoms with Crippen LogP contribution in [0.3, 0.4) is 0 Å². The maximum atomic E-state index is 14.3. The van der Waals surface area contributed by atoms with Gasteiger partial charge < -0.3 is 10.6 Å². The molecule has 20 heavy (non-hydrogen) atoms. The number of hydrogen-bond acceptors (Lipinski definition) is 2. The van der Waals surface area contributed by atoms with Crippen LogP contribution in [0.2, 0.25) is 0 Å². The number of benzene rings is 1. The van der Waals surface area contributed by atoms with Gasteiger partial charge in [0.05, 0.1) is 5.69 Å². The Labute approximate surface area is 122 Å². The first-order valence-electron chi connectivity index (χ1n) is 7.80. The lowest BCUT2D eigenvalue weighted by Gasteiger charge is -2.38. The molecule has 0 aromatic heterocycles. The van der Waals surface area contributed by atoms with Gasteiger partial charge in [0.2, 0.25) is 0 Å². The van der Waals surface area contributed by atoms with Gasteiger partial charge in [0.15, 0.2) is 0 Å². The molecular formula is C17H27FN2. The zero-order valence-corrected chi connectivity index (χ0v) is 12.9. The van der Waals surface area contributed by atoms with Crippen molar-refractivity contribution in [3.05, 3.63) is 29.6 Å². The van der Waals surface area contributed by atoms with E-state index in [1.807, 2.05) is 6.07 Å². The Morgan fingerprint density at radius 1 is 1.35 bits per heavy atom. The van der Waals surface area contributed by atoms with Crippen LogP contribution in [0.4, 0.5) is 10.1 Å². The van der Waals surface area contributed by atoms with E-state index in [4.69, 9.17) is 5.73 Å². The van der Waals surface area contributed by atoms with Gasteiger partial charge in [-0.05, 0) is 42.7 Å². The number of nitrogens with two attached hydrogens (primary N) is 1. The van der Waals surface area contributed by atoms with Gasteiger partial charge in [0, 0.05) is 19.1 Å². The molecular weight excluding hydrogens is 251 g/mol. The normalized spacial score (nSPS) is 24.8. The molecule has 0 spiro atoms. The minimum Gasteiger partial charge on any atom is -0.369 e. The van der Waals surface area contributed by atoms with Crippen LogP contribution in [0.5, 0.6) is 0 Å². The van der Waals surface area contributed by atoms with Gasteiger partial charge in [-0.2, -0.15) is 0 Å². The standard InChI is InChI=1S/C17H27FN2/c1-4-15(19)10-14-6-5-7-16(18)17(14)20-9-8-12(2)13(3)11-20/h5-7,12-13,15H,4,8-11,19H2,1-3H3. The molecule has 2 nitrogen and oxygen atoms in total. The second-order valence-corrected chi connectivity index (χ2v) is 6.31. The predicted molar refractivity (Wildman–Crippen MR) is 83.5 cm³/mol. The summed E-state index contributed by atoms with van der Waals surface area (Å²) >= 11 is 0. The van der Waals surface area contributed by atoms with Crippen LogP contribution in [-0.2, 0) is 6.42 Å². The first-order chi connectivity index (χ1) is 9.52. The maximum Gasteiger partial charge on any atom is 0.146 e. The number of halogens is 1. The van der Waals surface area contributed by atoms with Gasteiger partial charge in [-0.3, -0.25) is 0 Å². The summed E-state index contributed by atoms with van der Waals surface area (Å²) in [4.78, 5) is 2.22. The van der Waals surface area contributed by atoms with Crippen molar-refractivity contribution >= 4 is 5.69 Å². The fraction of sp³-hybridized carbons (Fsp3) is 0.647. The van der Waals surface area contributed by atoms with Crippen molar-refractivity contribution in [1.82, 2.24) is 0 Å². The van der Waals surface area contributed by atoms with Crippen LogP contribution >= 0.6 is 0 Å². The molecule has 3 heteroatoms. The van der Waals surface area contributed by atoms with Crippen molar-refractivity contribution in [2.45, 2.75) is 46.1 Å². The third-order valence-electron chi connectivity index (χ3n) is 4.73. The maximum absolute atomic E-state index is 14.3. The van der Waals surface area contributed by atoms with Gasteiger partial charge in [0.1, 0.15) is 5.82 Å². The molecule has 2 rings (SSSR count). The molecule has 0 amide bonds. The molecule has 1 fully saturated rings. The number of piperidine rings is 1. The summed E-state index contributed by atoms with van der Waals surface area (Å²) in [6, 6.07) is 5.50. The van der Waals surface area contributed by atoms with Crippen LogP contribution < -0.4 is 10.6 Å². The summed E-state index contributed by atoms with van der Waals surface area (Å²) in [6.45, 7) is 8.51. The quantitative estimate of drug-likeness (QED) is 0.912. The molecule has 1 aliphatic rings. The highest BCUT2D eigenvalue weighted by molar-refractivity contribution is 5.55. The Kier molecular flexibility index (Phi) is 5.03. The van der Waals surface area contributed by atoms with Crippen molar-refractivity contribution in [2.75, 3.05) is 18.0 Å². The lowest BCUT2D eigenvalue weighted by atomic mass is 9.88. The molecule has 2 N–H and O–H groups in total. The summed E-state index contributed by atoms with van der Waals surface area (Å²) in [5, 5.41) is 0. The Balaban J connectivity index is 2.25. The van der Waals surface area contributed by atoms with Crippen molar-refractivity contribution in [1.29, 1.82) is 0 Å². The minimum atomic E-state index is -0.104. The summed E-state index contributed by atoms with van der Waals surface area (Å²) in [7, 11) is 0. The van der Waals surface area contributed by atoms with Crippen molar-refractivity contribution < 1.29 is 4.39 Å². The highest BCUT2D eigenvalue weighted by atomic mass is 19.1. The van der Waals surface area contributed by atoms with Crippen LogP contribution in [-0.4, -0.2) is 19.1 Å². The molecule has 1 heterocycles. The summed E-state index contributed by atoms with van der Waals surface area (Å²) in [5.41, 5.74) is 7.91. The average molecular weight is 278 g/mol. The van der Waals surface area contributed by atoms with E-state index in [0.29, 0.717) is 5.92 Å². The fourth-order valence-corrected chi connectivity index (χ4v) is 2.97. The third kappa shape index (κ3) is 3.32. The molecule has 3 unspecified atom stereocenters. The van der Waals surface area contributed by atoms with E-state index in [-0.39, 0.29) is 11.9 Å². The van der Waals surface area contributed by atoms with Gasteiger partial charge in [-0.25, -0.2) is 4.39 Å². The minimum absolute atomic E-state index is 0.104. The molecule has 0 aliphatic carbocycles. The summed E-state index contributed by atoms with van der Waals surface area (Å²) in [6.07, 6.45) is 2.81. The third-order valence-corrected chi connectivity index (χ3v) is 4.73. The van der Waals surface area contributed by atoms with E-state index in [2.05, 4.69) is 25.7 Å². The molecule has 112 valence electrons. The van der Waals surface area contributed by atoms with Crippen LogP contribution in [0.1, 0.15) is 39.2 Å². The topological polar surface area (TPSA) is 29.3 Å². The van der Waals surface area contributed by atoms with Crippen molar-refractivity contribution in [3.63, 3.8) is 0 Å². The molecule has 1 aromatic rings. The van der Waals surface area contributed by atoms with Crippen LogP contribution in [0.25, 0.3) is 0 Å². The van der Waals surface area contributed by atoms with E-state index in [0.717, 1.165) is 49.5 Å². The Morgan fingerprint density at radius 2 is 2.10 bits per heavy atom. The molecule has 1 aromatic carbocycles. The Bertz CT molecular complexity index is 447. The van der Waals surface area contributed by atoms with Gasteiger partial charge in [-0.1, -0.05) is 32.9 Å². The number of para-hydroxylation sites is 1. The van der Waals surface area contributed by atoms with E-state index < -0.39 is 0 Å². The SMILES string of the molecule is CCC(N)Cc1cccc(F)c1N1CCC(C)C(C)C1. The largest absolute Gasteiger partial charge is 0.369 e. The second-order valence-electron chi connectivity index (χ2n) is 6.31. The Hall–Kier alpha value is -1.09. The average Bonchev–Trinajstić information content (AvgIpc) is 2.42. The number of nitrogens with zero attached hydrogens (tertiary/aromatic N) is 1. The zero-order valence-electron chi connectivity index (χ0n) is 12.9.